The zero-order valence-corrected chi connectivity index (χ0v) is 19.3. The van der Waals surface area contributed by atoms with Gasteiger partial charge in [0.15, 0.2) is 0 Å². The molecule has 3 aromatic rings. The maximum absolute atomic E-state index is 13.6. The largest absolute Gasteiger partial charge is 0.301 e. The third-order valence-electron chi connectivity index (χ3n) is 6.19. The molecule has 1 aromatic carbocycles. The van der Waals surface area contributed by atoms with Gasteiger partial charge in [0.05, 0.1) is 5.52 Å². The van der Waals surface area contributed by atoms with Gasteiger partial charge in [0.2, 0.25) is 5.95 Å². The Morgan fingerprint density at radius 2 is 1.52 bits per heavy atom. The van der Waals surface area contributed by atoms with Crippen molar-refractivity contribution in [2.24, 2.45) is 0 Å². The summed E-state index contributed by atoms with van der Waals surface area (Å²) in [5, 5.41) is 1.43. The second-order valence-corrected chi connectivity index (χ2v) is 14.4. The van der Waals surface area contributed by atoms with E-state index in [1.54, 1.807) is 12.4 Å². The van der Waals surface area contributed by atoms with Crippen LogP contribution in [0.4, 0.5) is 0 Å². The molecule has 29 heavy (non-hydrogen) atoms. The van der Waals surface area contributed by atoms with Gasteiger partial charge < -0.3 is 4.79 Å². The van der Waals surface area contributed by atoms with E-state index in [2.05, 4.69) is 69.7 Å². The Labute approximate surface area is 174 Å². The van der Waals surface area contributed by atoms with Gasteiger partial charge in [-0.1, -0.05) is 59.7 Å². The lowest BCUT2D eigenvalue weighted by Gasteiger charge is -2.40. The zero-order valence-electron chi connectivity index (χ0n) is 18.3. The number of carbonyl (C=O) groups is 1. The Kier molecular flexibility index (Phi) is 6.17. The predicted octanol–water partition coefficient (Wildman–Crippen LogP) is 6.22. The number of fused-ring (bicyclic) bond motifs is 1. The lowest BCUT2D eigenvalue weighted by molar-refractivity contribution is -0.109. The molecule has 0 saturated carbocycles. The number of nitrogens with zero attached hydrogens (tertiary/aromatic N) is 3. The average Bonchev–Trinajstić information content (AvgIpc) is 3.05. The van der Waals surface area contributed by atoms with Crippen molar-refractivity contribution in [3.63, 3.8) is 0 Å². The number of para-hydroxylation sites is 1. The Morgan fingerprint density at radius 3 is 2.10 bits per heavy atom. The van der Waals surface area contributed by atoms with Crippen LogP contribution in [0, 0.1) is 0 Å². The van der Waals surface area contributed by atoms with Gasteiger partial charge in [-0.3, -0.25) is 4.57 Å². The monoisotopic (exact) mass is 405 g/mol. The molecule has 0 aliphatic carbocycles. The molecule has 2 aromatic heterocycles. The molecule has 0 atom stereocenters. The second kappa shape index (κ2) is 8.45. The molecule has 0 spiro atoms. The molecule has 0 unspecified atom stereocenters. The summed E-state index contributed by atoms with van der Waals surface area (Å²) < 4.78 is 2.02. The lowest BCUT2D eigenvalue weighted by Crippen LogP contribution is -2.51. The summed E-state index contributed by atoms with van der Waals surface area (Å²) in [7, 11) is -2.19. The average molecular weight is 406 g/mol. The van der Waals surface area contributed by atoms with Crippen molar-refractivity contribution in [3.05, 3.63) is 60.6 Å². The van der Waals surface area contributed by atoms with Crippen LogP contribution in [-0.2, 0) is 4.79 Å². The highest BCUT2D eigenvalue weighted by molar-refractivity contribution is 7.10. The number of hydrogen-bond donors (Lipinski definition) is 0. The number of rotatable bonds is 7. The first-order valence-electron chi connectivity index (χ1n) is 10.4. The topological polar surface area (TPSA) is 47.8 Å². The summed E-state index contributed by atoms with van der Waals surface area (Å²) >= 11 is 0. The maximum atomic E-state index is 13.6. The molecule has 152 valence electrons. The molecule has 3 rings (SSSR count). The summed E-state index contributed by atoms with van der Waals surface area (Å²) in [4.78, 5) is 22.4. The molecule has 2 heterocycles. The molecule has 0 bridgehead atoms. The fourth-order valence-electron chi connectivity index (χ4n) is 5.09. The SMILES string of the molecule is CC(C)[Si](C(=O)/C=C/c1cc2ccccc2n1-c1ncccn1)(C(C)C)C(C)C. The van der Waals surface area contributed by atoms with E-state index in [0.29, 0.717) is 28.0 Å². The van der Waals surface area contributed by atoms with Gasteiger partial charge in [-0.05, 0) is 47.0 Å². The second-order valence-electron chi connectivity index (χ2n) is 8.61. The minimum absolute atomic E-state index is 0.322. The standard InChI is InChI=1S/C24H31N3OSi/c1-17(2)29(18(3)4,19(5)6)23(28)13-12-21-16-20-10-7-8-11-22(20)27(21)24-25-14-9-15-26-24/h7-19H,1-6H3/b13-12+. The van der Waals surface area contributed by atoms with E-state index in [4.69, 9.17) is 0 Å². The van der Waals surface area contributed by atoms with Crippen molar-refractivity contribution >= 4 is 30.5 Å². The van der Waals surface area contributed by atoms with Gasteiger partial charge in [-0.25, -0.2) is 9.97 Å². The van der Waals surface area contributed by atoms with Crippen LogP contribution in [0.5, 0.6) is 0 Å². The van der Waals surface area contributed by atoms with Crippen molar-refractivity contribution in [2.45, 2.75) is 58.2 Å². The molecule has 5 heteroatoms. The minimum Gasteiger partial charge on any atom is -0.301 e. The number of aromatic nitrogens is 3. The summed E-state index contributed by atoms with van der Waals surface area (Å²) in [5.41, 5.74) is 3.13. The van der Waals surface area contributed by atoms with Crippen molar-refractivity contribution < 1.29 is 4.79 Å². The molecule has 0 saturated heterocycles. The molecule has 4 nitrogen and oxygen atoms in total. The summed E-state index contributed by atoms with van der Waals surface area (Å²) in [5.74, 6) is 0.612. The van der Waals surface area contributed by atoms with Gasteiger partial charge in [-0.15, -0.1) is 0 Å². The maximum Gasteiger partial charge on any atom is 0.234 e. The molecule has 0 N–H and O–H groups in total. The quantitative estimate of drug-likeness (QED) is 0.346. The molecular weight excluding hydrogens is 374 g/mol. The van der Waals surface area contributed by atoms with E-state index < -0.39 is 8.07 Å². The molecule has 0 amide bonds. The van der Waals surface area contributed by atoms with Gasteiger partial charge >= 0.3 is 0 Å². The van der Waals surface area contributed by atoms with Gasteiger partial charge in [0, 0.05) is 23.5 Å². The Morgan fingerprint density at radius 1 is 0.931 bits per heavy atom. The van der Waals surface area contributed by atoms with Crippen LogP contribution in [0.15, 0.2) is 54.9 Å². The smallest absolute Gasteiger partial charge is 0.234 e. The zero-order chi connectivity index (χ0) is 21.2. The van der Waals surface area contributed by atoms with E-state index in [1.807, 2.05) is 34.9 Å². The van der Waals surface area contributed by atoms with E-state index in [0.717, 1.165) is 16.6 Å². The minimum atomic E-state index is -2.19. The van der Waals surface area contributed by atoms with Crippen LogP contribution in [0.3, 0.4) is 0 Å². The molecule has 0 aliphatic rings. The third kappa shape index (κ3) is 3.71. The Bertz CT molecular complexity index is 997. The first-order chi connectivity index (χ1) is 13.8. The number of benzene rings is 1. The highest BCUT2D eigenvalue weighted by Gasteiger charge is 2.48. The van der Waals surface area contributed by atoms with Gasteiger partial charge in [0.25, 0.3) is 0 Å². The highest BCUT2D eigenvalue weighted by atomic mass is 28.3. The summed E-state index contributed by atoms with van der Waals surface area (Å²) in [6.45, 7) is 13.3. The van der Waals surface area contributed by atoms with Crippen LogP contribution in [0.2, 0.25) is 16.6 Å². The number of allylic oxidation sites excluding steroid dienone is 1. The van der Waals surface area contributed by atoms with Gasteiger partial charge in [-0.2, -0.15) is 0 Å². The third-order valence-corrected chi connectivity index (χ3v) is 12.9. The van der Waals surface area contributed by atoms with Crippen molar-refractivity contribution in [3.8, 4) is 5.95 Å². The number of hydrogen-bond acceptors (Lipinski definition) is 3. The molecule has 0 aliphatic heterocycles. The normalized spacial score (nSPS) is 12.7. The Balaban J connectivity index is 2.10. The van der Waals surface area contributed by atoms with E-state index in [-0.39, 0.29) is 0 Å². The van der Waals surface area contributed by atoms with Crippen LogP contribution in [-0.4, -0.2) is 28.0 Å². The van der Waals surface area contributed by atoms with Crippen LogP contribution < -0.4 is 0 Å². The van der Waals surface area contributed by atoms with Gasteiger partial charge in [0.1, 0.15) is 13.5 Å². The highest BCUT2D eigenvalue weighted by Crippen LogP contribution is 2.42. The van der Waals surface area contributed by atoms with Crippen LogP contribution in [0.1, 0.15) is 47.2 Å². The predicted molar refractivity (Wildman–Crippen MR) is 124 cm³/mol. The van der Waals surface area contributed by atoms with Crippen LogP contribution >= 0.6 is 0 Å². The van der Waals surface area contributed by atoms with E-state index in [9.17, 15) is 4.79 Å². The van der Waals surface area contributed by atoms with E-state index in [1.165, 1.54) is 0 Å². The molecular formula is C24H31N3OSi. The van der Waals surface area contributed by atoms with E-state index >= 15 is 0 Å². The fraction of sp³-hybridized carbons (Fsp3) is 0.375. The Hall–Kier alpha value is -2.53. The van der Waals surface area contributed by atoms with Crippen molar-refractivity contribution in [1.82, 2.24) is 14.5 Å². The lowest BCUT2D eigenvalue weighted by atomic mass is 10.2. The number of carbonyl (C=O) groups excluding carboxylic acids is 1. The summed E-state index contributed by atoms with van der Waals surface area (Å²) in [6, 6.07) is 12.1. The van der Waals surface area contributed by atoms with Crippen molar-refractivity contribution in [2.75, 3.05) is 0 Å². The molecule has 0 radical (unpaired) electrons. The first-order valence-corrected chi connectivity index (χ1v) is 12.6. The molecule has 0 fully saturated rings. The fourth-order valence-corrected chi connectivity index (χ4v) is 11.2. The van der Waals surface area contributed by atoms with Crippen molar-refractivity contribution in [1.29, 1.82) is 0 Å². The summed E-state index contributed by atoms with van der Waals surface area (Å²) in [6.07, 6.45) is 7.25. The first kappa shape index (κ1) is 21.2. The van der Waals surface area contributed by atoms with Crippen LogP contribution in [0.25, 0.3) is 22.9 Å².